The van der Waals surface area contributed by atoms with E-state index in [1.807, 2.05) is 20.9 Å². The molecule has 0 spiro atoms. The van der Waals surface area contributed by atoms with Gasteiger partial charge in [-0.2, -0.15) is 5.10 Å². The number of aromatic nitrogens is 3. The molecule has 0 radical (unpaired) electrons. The number of anilines is 1. The van der Waals surface area contributed by atoms with Gasteiger partial charge in [0.1, 0.15) is 0 Å². The van der Waals surface area contributed by atoms with Gasteiger partial charge in [0.25, 0.3) is 0 Å². The first-order valence-electron chi connectivity index (χ1n) is 5.76. The van der Waals surface area contributed by atoms with Crippen LogP contribution in [0.25, 0.3) is 0 Å². The summed E-state index contributed by atoms with van der Waals surface area (Å²) >= 11 is 0. The predicted octanol–water partition coefficient (Wildman–Crippen LogP) is 0.924. The molecule has 90 valence electrons. The van der Waals surface area contributed by atoms with Gasteiger partial charge >= 0.3 is 0 Å². The van der Waals surface area contributed by atoms with Gasteiger partial charge in [-0.25, -0.2) is 4.98 Å². The first kappa shape index (κ1) is 12.8. The molecule has 0 saturated heterocycles. The number of nitrogens with one attached hydrogen (secondary N) is 1. The van der Waals surface area contributed by atoms with Crippen LogP contribution >= 0.6 is 0 Å². The first-order valence-corrected chi connectivity index (χ1v) is 5.76. The molecule has 0 aliphatic rings. The predicted molar refractivity (Wildman–Crippen MR) is 65.7 cm³/mol. The van der Waals surface area contributed by atoms with Gasteiger partial charge in [-0.1, -0.05) is 6.92 Å². The molecule has 0 unspecified atom stereocenters. The lowest BCUT2D eigenvalue weighted by Crippen LogP contribution is -2.33. The summed E-state index contributed by atoms with van der Waals surface area (Å²) in [4.78, 5) is 6.63. The van der Waals surface area contributed by atoms with Crippen molar-refractivity contribution in [1.82, 2.24) is 20.5 Å². The second-order valence-electron chi connectivity index (χ2n) is 3.87. The van der Waals surface area contributed by atoms with E-state index in [1.54, 1.807) is 0 Å². The maximum absolute atomic E-state index is 4.47. The fourth-order valence-corrected chi connectivity index (χ4v) is 1.41. The third kappa shape index (κ3) is 3.41. The van der Waals surface area contributed by atoms with Crippen LogP contribution in [0, 0.1) is 13.8 Å². The number of rotatable bonds is 6. The van der Waals surface area contributed by atoms with Crippen LogP contribution < -0.4 is 10.2 Å². The van der Waals surface area contributed by atoms with E-state index in [0.717, 1.165) is 43.4 Å². The highest BCUT2D eigenvalue weighted by Crippen LogP contribution is 2.08. The van der Waals surface area contributed by atoms with Crippen molar-refractivity contribution < 1.29 is 0 Å². The molecule has 0 atom stereocenters. The minimum absolute atomic E-state index is 0.736. The Morgan fingerprint density at radius 1 is 1.12 bits per heavy atom. The average Bonchev–Trinajstić information content (AvgIpc) is 2.28. The lowest BCUT2D eigenvalue weighted by atomic mass is 10.3. The highest BCUT2D eigenvalue weighted by molar-refractivity contribution is 5.29. The average molecular weight is 223 g/mol. The molecule has 1 heterocycles. The number of hydrogen-bond acceptors (Lipinski definition) is 5. The number of hydrogen-bond donors (Lipinski definition) is 1. The Morgan fingerprint density at radius 2 is 1.88 bits per heavy atom. The molecule has 0 bridgehead atoms. The second-order valence-corrected chi connectivity index (χ2v) is 3.87. The van der Waals surface area contributed by atoms with Crippen molar-refractivity contribution in [3.05, 3.63) is 11.4 Å². The van der Waals surface area contributed by atoms with Crippen LogP contribution in [0.1, 0.15) is 24.7 Å². The van der Waals surface area contributed by atoms with Crippen LogP contribution in [0.5, 0.6) is 0 Å². The second kappa shape index (κ2) is 6.37. The van der Waals surface area contributed by atoms with Crippen LogP contribution in [0.15, 0.2) is 0 Å². The largest absolute Gasteiger partial charge is 0.338 e. The molecule has 1 aromatic rings. The summed E-state index contributed by atoms with van der Waals surface area (Å²) in [5.41, 5.74) is 1.85. The summed E-state index contributed by atoms with van der Waals surface area (Å²) in [7, 11) is 1.95. The Balaban J connectivity index is 2.78. The van der Waals surface area contributed by atoms with Crippen LogP contribution in [0.2, 0.25) is 0 Å². The van der Waals surface area contributed by atoms with Gasteiger partial charge < -0.3 is 10.2 Å². The summed E-state index contributed by atoms with van der Waals surface area (Å²) in [6.07, 6.45) is 1.08. The lowest BCUT2D eigenvalue weighted by Gasteiger charge is -2.21. The molecule has 0 aliphatic heterocycles. The van der Waals surface area contributed by atoms with E-state index >= 15 is 0 Å². The topological polar surface area (TPSA) is 53.9 Å². The molecule has 1 rings (SSSR count). The molecule has 16 heavy (non-hydrogen) atoms. The van der Waals surface area contributed by atoms with E-state index in [0.29, 0.717) is 0 Å². The SMILES string of the molecule is CCCN(CCNC)c1nnc(C)c(C)n1. The van der Waals surface area contributed by atoms with Crippen molar-refractivity contribution in [3.8, 4) is 0 Å². The lowest BCUT2D eigenvalue weighted by molar-refractivity contribution is 0.680. The normalized spacial score (nSPS) is 10.5. The van der Waals surface area contributed by atoms with Crippen LogP contribution in [0.4, 0.5) is 5.95 Å². The maximum Gasteiger partial charge on any atom is 0.245 e. The summed E-state index contributed by atoms with van der Waals surface area (Å²) in [5.74, 6) is 0.736. The van der Waals surface area contributed by atoms with Crippen molar-refractivity contribution in [2.24, 2.45) is 0 Å². The van der Waals surface area contributed by atoms with Gasteiger partial charge in [0.15, 0.2) is 0 Å². The Labute approximate surface area is 97.3 Å². The van der Waals surface area contributed by atoms with Gasteiger partial charge in [-0.05, 0) is 27.3 Å². The molecule has 0 fully saturated rings. The van der Waals surface area contributed by atoms with Gasteiger partial charge in [-0.3, -0.25) is 0 Å². The summed E-state index contributed by atoms with van der Waals surface area (Å²) in [5, 5.41) is 11.4. The van der Waals surface area contributed by atoms with Crippen LogP contribution in [-0.2, 0) is 0 Å². The van der Waals surface area contributed by atoms with Crippen molar-refractivity contribution in [3.63, 3.8) is 0 Å². The molecule has 1 aromatic heterocycles. The minimum atomic E-state index is 0.736. The highest BCUT2D eigenvalue weighted by Gasteiger charge is 2.09. The van der Waals surface area contributed by atoms with Crippen LogP contribution in [-0.4, -0.2) is 41.9 Å². The summed E-state index contributed by atoms with van der Waals surface area (Å²) < 4.78 is 0. The summed E-state index contributed by atoms with van der Waals surface area (Å²) in [6, 6.07) is 0. The smallest absolute Gasteiger partial charge is 0.245 e. The zero-order valence-electron chi connectivity index (χ0n) is 10.6. The molecular weight excluding hydrogens is 202 g/mol. The Kier molecular flexibility index (Phi) is 5.11. The highest BCUT2D eigenvalue weighted by atomic mass is 15.3. The minimum Gasteiger partial charge on any atom is -0.338 e. The molecule has 0 aromatic carbocycles. The van der Waals surface area contributed by atoms with Crippen molar-refractivity contribution in [1.29, 1.82) is 0 Å². The fourth-order valence-electron chi connectivity index (χ4n) is 1.41. The van der Waals surface area contributed by atoms with E-state index in [4.69, 9.17) is 0 Å². The summed E-state index contributed by atoms with van der Waals surface area (Å²) in [6.45, 7) is 8.85. The van der Waals surface area contributed by atoms with Gasteiger partial charge in [0, 0.05) is 19.6 Å². The molecule has 0 amide bonds. The van der Waals surface area contributed by atoms with Crippen molar-refractivity contribution in [2.45, 2.75) is 27.2 Å². The Morgan fingerprint density at radius 3 is 2.44 bits per heavy atom. The Hall–Kier alpha value is -1.23. The molecule has 0 aliphatic carbocycles. The van der Waals surface area contributed by atoms with Crippen molar-refractivity contribution >= 4 is 5.95 Å². The number of nitrogens with zero attached hydrogens (tertiary/aromatic N) is 4. The van der Waals surface area contributed by atoms with E-state index in [9.17, 15) is 0 Å². The zero-order valence-corrected chi connectivity index (χ0v) is 10.6. The van der Waals surface area contributed by atoms with E-state index in [1.165, 1.54) is 0 Å². The third-order valence-electron chi connectivity index (χ3n) is 2.49. The fraction of sp³-hybridized carbons (Fsp3) is 0.727. The standard InChI is InChI=1S/C11H21N5/c1-5-7-16(8-6-12-4)11-13-9(2)10(3)14-15-11/h12H,5-8H2,1-4H3. The molecule has 5 nitrogen and oxygen atoms in total. The third-order valence-corrected chi connectivity index (χ3v) is 2.49. The molecule has 5 heteroatoms. The zero-order chi connectivity index (χ0) is 12.0. The monoisotopic (exact) mass is 223 g/mol. The van der Waals surface area contributed by atoms with E-state index in [-0.39, 0.29) is 0 Å². The van der Waals surface area contributed by atoms with Gasteiger partial charge in [0.05, 0.1) is 11.4 Å². The first-order chi connectivity index (χ1) is 7.69. The number of aryl methyl sites for hydroxylation is 2. The Bertz CT molecular complexity index is 326. The van der Waals surface area contributed by atoms with Gasteiger partial charge in [0.2, 0.25) is 5.95 Å². The van der Waals surface area contributed by atoms with E-state index < -0.39 is 0 Å². The molecular formula is C11H21N5. The van der Waals surface area contributed by atoms with E-state index in [2.05, 4.69) is 32.3 Å². The number of likely N-dealkylation sites (N-methyl/N-ethyl adjacent to an activating group) is 1. The quantitative estimate of drug-likeness (QED) is 0.777. The van der Waals surface area contributed by atoms with Crippen LogP contribution in [0.3, 0.4) is 0 Å². The maximum atomic E-state index is 4.47. The molecule has 0 saturated carbocycles. The van der Waals surface area contributed by atoms with Crippen molar-refractivity contribution in [2.75, 3.05) is 31.6 Å². The van der Waals surface area contributed by atoms with Gasteiger partial charge in [-0.15, -0.1) is 5.10 Å². The molecule has 1 N–H and O–H groups in total.